The van der Waals surface area contributed by atoms with Gasteiger partial charge < -0.3 is 5.11 Å². The molecule has 2 nitrogen and oxygen atoms in total. The van der Waals surface area contributed by atoms with Crippen molar-refractivity contribution >= 4 is 5.97 Å². The largest absolute Gasteiger partial charge is 0.481 e. The van der Waals surface area contributed by atoms with E-state index < -0.39 is 5.97 Å². The molecule has 0 fully saturated rings. The van der Waals surface area contributed by atoms with Crippen LogP contribution < -0.4 is 0 Å². The van der Waals surface area contributed by atoms with E-state index in [0.29, 0.717) is 5.92 Å². The Kier molecular flexibility index (Phi) is 23.7. The van der Waals surface area contributed by atoms with E-state index in [1.807, 2.05) is 0 Å². The lowest BCUT2D eigenvalue weighted by Gasteiger charge is -2.24. The zero-order valence-corrected chi connectivity index (χ0v) is 21.8. The van der Waals surface area contributed by atoms with Crippen molar-refractivity contribution in [2.24, 2.45) is 11.8 Å². The van der Waals surface area contributed by atoms with Gasteiger partial charge in [-0.3, -0.25) is 4.79 Å². The fourth-order valence-corrected chi connectivity index (χ4v) is 4.98. The minimum Gasteiger partial charge on any atom is -0.481 e. The zero-order valence-electron chi connectivity index (χ0n) is 21.8. The predicted molar refractivity (Wildman–Crippen MR) is 138 cm³/mol. The van der Waals surface area contributed by atoms with Crippen LogP contribution in [0.1, 0.15) is 168 Å². The van der Waals surface area contributed by atoms with Gasteiger partial charge in [0.15, 0.2) is 0 Å². The Hall–Kier alpha value is -0.530. The van der Waals surface area contributed by atoms with Gasteiger partial charge in [-0.05, 0) is 25.2 Å². The SMILES string of the molecule is CCCCCCCCCCC(C(=O)O)C(CCCCCCCC)CCCCCCCC. The molecule has 0 aromatic rings. The van der Waals surface area contributed by atoms with Crippen molar-refractivity contribution in [3.8, 4) is 0 Å². The van der Waals surface area contributed by atoms with Crippen molar-refractivity contribution in [2.45, 2.75) is 168 Å². The summed E-state index contributed by atoms with van der Waals surface area (Å²) < 4.78 is 0. The van der Waals surface area contributed by atoms with Crippen molar-refractivity contribution in [3.63, 3.8) is 0 Å². The van der Waals surface area contributed by atoms with Gasteiger partial charge >= 0.3 is 5.97 Å². The molecular formula is C29H58O2. The van der Waals surface area contributed by atoms with Crippen LogP contribution >= 0.6 is 0 Å². The predicted octanol–water partition coefficient (Wildman–Crippen LogP) is 10.3. The standard InChI is InChI=1S/C29H58O2/c1-4-7-10-13-16-17-20-23-26-28(29(30)31)27(24-21-18-14-11-8-5-2)25-22-19-15-12-9-6-3/h27-28H,4-26H2,1-3H3,(H,30,31). The summed E-state index contributed by atoms with van der Waals surface area (Å²) in [6, 6.07) is 0. The molecule has 31 heavy (non-hydrogen) atoms. The van der Waals surface area contributed by atoms with Crippen molar-refractivity contribution in [3.05, 3.63) is 0 Å². The van der Waals surface area contributed by atoms with E-state index in [1.165, 1.54) is 122 Å². The second kappa shape index (κ2) is 24.1. The third-order valence-electron chi connectivity index (χ3n) is 7.11. The van der Waals surface area contributed by atoms with E-state index in [0.717, 1.165) is 25.7 Å². The van der Waals surface area contributed by atoms with Gasteiger partial charge in [0.2, 0.25) is 0 Å². The van der Waals surface area contributed by atoms with Gasteiger partial charge in [-0.15, -0.1) is 0 Å². The number of rotatable bonds is 25. The number of hydrogen-bond acceptors (Lipinski definition) is 1. The number of aliphatic carboxylic acids is 1. The van der Waals surface area contributed by atoms with Crippen molar-refractivity contribution in [1.29, 1.82) is 0 Å². The van der Waals surface area contributed by atoms with Crippen LogP contribution in [0.3, 0.4) is 0 Å². The monoisotopic (exact) mass is 438 g/mol. The molecule has 0 bridgehead atoms. The molecule has 0 aromatic heterocycles. The molecule has 1 unspecified atom stereocenters. The Morgan fingerprint density at radius 1 is 0.484 bits per heavy atom. The van der Waals surface area contributed by atoms with Gasteiger partial charge in [0.1, 0.15) is 0 Å². The van der Waals surface area contributed by atoms with Crippen LogP contribution in [0, 0.1) is 11.8 Å². The molecule has 0 aliphatic heterocycles. The summed E-state index contributed by atoms with van der Waals surface area (Å²) in [6.45, 7) is 6.79. The highest BCUT2D eigenvalue weighted by Crippen LogP contribution is 2.30. The van der Waals surface area contributed by atoms with Gasteiger partial charge in [0.05, 0.1) is 5.92 Å². The molecule has 186 valence electrons. The topological polar surface area (TPSA) is 37.3 Å². The Bertz CT molecular complexity index is 350. The maximum Gasteiger partial charge on any atom is 0.306 e. The van der Waals surface area contributed by atoms with E-state index >= 15 is 0 Å². The van der Waals surface area contributed by atoms with Gasteiger partial charge in [-0.25, -0.2) is 0 Å². The summed E-state index contributed by atoms with van der Waals surface area (Å²) in [7, 11) is 0. The first-order valence-electron chi connectivity index (χ1n) is 14.4. The highest BCUT2D eigenvalue weighted by Gasteiger charge is 2.26. The fourth-order valence-electron chi connectivity index (χ4n) is 4.98. The Balaban J connectivity index is 4.36. The van der Waals surface area contributed by atoms with E-state index in [9.17, 15) is 9.90 Å². The summed E-state index contributed by atoms with van der Waals surface area (Å²) in [4.78, 5) is 12.1. The molecular weight excluding hydrogens is 380 g/mol. The van der Waals surface area contributed by atoms with Crippen molar-refractivity contribution in [2.75, 3.05) is 0 Å². The highest BCUT2D eigenvalue weighted by molar-refractivity contribution is 5.70. The summed E-state index contributed by atoms with van der Waals surface area (Å²) >= 11 is 0. The zero-order chi connectivity index (χ0) is 23.0. The van der Waals surface area contributed by atoms with Crippen LogP contribution in [0.5, 0.6) is 0 Å². The number of hydrogen-bond donors (Lipinski definition) is 1. The first-order chi connectivity index (χ1) is 15.2. The van der Waals surface area contributed by atoms with Crippen LogP contribution in [-0.4, -0.2) is 11.1 Å². The van der Waals surface area contributed by atoms with Crippen molar-refractivity contribution < 1.29 is 9.90 Å². The molecule has 2 heteroatoms. The molecule has 0 aliphatic rings. The molecule has 0 aromatic carbocycles. The summed E-state index contributed by atoms with van der Waals surface area (Å²) in [6.07, 6.45) is 29.2. The molecule has 0 spiro atoms. The lowest BCUT2D eigenvalue weighted by molar-refractivity contribution is -0.144. The normalized spacial score (nSPS) is 12.5. The molecule has 1 N–H and O–H groups in total. The highest BCUT2D eigenvalue weighted by atomic mass is 16.4. The maximum atomic E-state index is 12.1. The smallest absolute Gasteiger partial charge is 0.306 e. The summed E-state index contributed by atoms with van der Waals surface area (Å²) in [5.41, 5.74) is 0. The maximum absolute atomic E-state index is 12.1. The van der Waals surface area contributed by atoms with E-state index in [4.69, 9.17) is 0 Å². The molecule has 0 radical (unpaired) electrons. The molecule has 0 saturated heterocycles. The number of carboxylic acid groups (broad SMARTS) is 1. The Morgan fingerprint density at radius 2 is 0.774 bits per heavy atom. The average Bonchev–Trinajstić information content (AvgIpc) is 2.76. The second-order valence-corrected chi connectivity index (χ2v) is 10.1. The lowest BCUT2D eigenvalue weighted by Crippen LogP contribution is -2.24. The van der Waals surface area contributed by atoms with Gasteiger partial charge in [-0.1, -0.05) is 149 Å². The van der Waals surface area contributed by atoms with Crippen molar-refractivity contribution in [1.82, 2.24) is 0 Å². The minimum absolute atomic E-state index is 0.105. The van der Waals surface area contributed by atoms with Crippen LogP contribution in [-0.2, 0) is 4.79 Å². The lowest BCUT2D eigenvalue weighted by atomic mass is 9.80. The fraction of sp³-hybridized carbons (Fsp3) is 0.966. The summed E-state index contributed by atoms with van der Waals surface area (Å²) in [5.74, 6) is -0.226. The molecule has 0 amide bonds. The molecule has 1 atom stereocenters. The molecule has 0 aliphatic carbocycles. The van der Waals surface area contributed by atoms with Crippen LogP contribution in [0.15, 0.2) is 0 Å². The van der Waals surface area contributed by atoms with Gasteiger partial charge in [-0.2, -0.15) is 0 Å². The Morgan fingerprint density at radius 3 is 1.10 bits per heavy atom. The first-order valence-corrected chi connectivity index (χ1v) is 14.4. The van der Waals surface area contributed by atoms with Crippen LogP contribution in [0.25, 0.3) is 0 Å². The molecule has 0 saturated carbocycles. The van der Waals surface area contributed by atoms with E-state index in [2.05, 4.69) is 20.8 Å². The number of carbonyl (C=O) groups is 1. The average molecular weight is 439 g/mol. The van der Waals surface area contributed by atoms with Gasteiger partial charge in [0, 0.05) is 0 Å². The Labute approximate surface area is 196 Å². The molecule has 0 heterocycles. The third kappa shape index (κ3) is 19.9. The number of carboxylic acids is 1. The van der Waals surface area contributed by atoms with E-state index in [1.54, 1.807) is 0 Å². The number of unbranched alkanes of at least 4 members (excludes halogenated alkanes) is 17. The van der Waals surface area contributed by atoms with Gasteiger partial charge in [0.25, 0.3) is 0 Å². The summed E-state index contributed by atoms with van der Waals surface area (Å²) in [5, 5.41) is 9.99. The van der Waals surface area contributed by atoms with Crippen LogP contribution in [0.2, 0.25) is 0 Å². The third-order valence-corrected chi connectivity index (χ3v) is 7.11. The second-order valence-electron chi connectivity index (χ2n) is 10.1. The minimum atomic E-state index is -0.523. The van der Waals surface area contributed by atoms with Crippen LogP contribution in [0.4, 0.5) is 0 Å². The first kappa shape index (κ1) is 30.5. The quantitative estimate of drug-likeness (QED) is 0.144. The molecule has 0 rings (SSSR count). The van der Waals surface area contributed by atoms with E-state index in [-0.39, 0.29) is 5.92 Å².